The van der Waals surface area contributed by atoms with Crippen LogP contribution in [0.15, 0.2) is 30.8 Å². The average molecular weight is 176 g/mol. The third-order valence-corrected chi connectivity index (χ3v) is 1.72. The molecule has 0 aromatic heterocycles. The molecule has 0 aliphatic heterocycles. The van der Waals surface area contributed by atoms with E-state index >= 15 is 0 Å². The van der Waals surface area contributed by atoms with Crippen molar-refractivity contribution in [1.82, 2.24) is 0 Å². The lowest BCUT2D eigenvalue weighted by atomic mass is 10.1. The minimum atomic E-state index is -0.00815. The molecule has 0 N–H and O–H groups in total. The molecule has 0 aliphatic rings. The average Bonchev–Trinajstić information content (AvgIpc) is 2.18. The minimum Gasteiger partial charge on any atom is -0.377 e. The van der Waals surface area contributed by atoms with Crippen molar-refractivity contribution in [3.8, 4) is 0 Å². The van der Waals surface area contributed by atoms with Gasteiger partial charge in [0, 0.05) is 12.7 Å². The fourth-order valence-corrected chi connectivity index (χ4v) is 1.05. The standard InChI is InChI=1S/C11H12O2/c1-3-9-5-4-6-10(7-9)11(12)8-13-2/h3-7H,1,8H2,2H3. The number of hydrogen-bond donors (Lipinski definition) is 0. The van der Waals surface area contributed by atoms with Gasteiger partial charge in [-0.05, 0) is 11.6 Å². The van der Waals surface area contributed by atoms with Gasteiger partial charge in [0.1, 0.15) is 6.61 Å². The molecule has 0 heterocycles. The monoisotopic (exact) mass is 176 g/mol. The van der Waals surface area contributed by atoms with Crippen LogP contribution >= 0.6 is 0 Å². The Balaban J connectivity index is 2.88. The highest BCUT2D eigenvalue weighted by Crippen LogP contribution is 2.07. The zero-order chi connectivity index (χ0) is 9.68. The lowest BCUT2D eigenvalue weighted by molar-refractivity contribution is 0.0848. The van der Waals surface area contributed by atoms with Crippen LogP contribution in [-0.2, 0) is 4.74 Å². The zero-order valence-electron chi connectivity index (χ0n) is 7.62. The van der Waals surface area contributed by atoms with Gasteiger partial charge >= 0.3 is 0 Å². The number of hydrogen-bond acceptors (Lipinski definition) is 2. The Kier molecular flexibility index (Phi) is 3.41. The van der Waals surface area contributed by atoms with E-state index in [1.807, 2.05) is 12.1 Å². The van der Waals surface area contributed by atoms with Crippen molar-refractivity contribution in [3.05, 3.63) is 42.0 Å². The maximum absolute atomic E-state index is 11.4. The predicted octanol–water partition coefficient (Wildman–Crippen LogP) is 2.16. The van der Waals surface area contributed by atoms with Gasteiger partial charge in [-0.3, -0.25) is 4.79 Å². The van der Waals surface area contributed by atoms with E-state index in [0.717, 1.165) is 5.56 Å². The fraction of sp³-hybridized carbons (Fsp3) is 0.182. The summed E-state index contributed by atoms with van der Waals surface area (Å²) in [6, 6.07) is 7.30. The largest absolute Gasteiger partial charge is 0.377 e. The predicted molar refractivity (Wildman–Crippen MR) is 52.7 cm³/mol. The van der Waals surface area contributed by atoms with Crippen LogP contribution in [0, 0.1) is 0 Å². The van der Waals surface area contributed by atoms with Crippen molar-refractivity contribution in [3.63, 3.8) is 0 Å². The number of carbonyl (C=O) groups excluding carboxylic acids is 1. The molecule has 1 aromatic rings. The van der Waals surface area contributed by atoms with Crippen molar-refractivity contribution in [2.75, 3.05) is 13.7 Å². The first-order valence-electron chi connectivity index (χ1n) is 4.02. The van der Waals surface area contributed by atoms with E-state index in [-0.39, 0.29) is 12.4 Å². The van der Waals surface area contributed by atoms with E-state index in [9.17, 15) is 4.79 Å². The molecule has 0 spiro atoms. The van der Waals surface area contributed by atoms with Gasteiger partial charge in [0.15, 0.2) is 5.78 Å². The fourth-order valence-electron chi connectivity index (χ4n) is 1.05. The molecule has 0 unspecified atom stereocenters. The highest BCUT2D eigenvalue weighted by molar-refractivity contribution is 5.97. The van der Waals surface area contributed by atoms with E-state index in [0.29, 0.717) is 5.56 Å². The van der Waals surface area contributed by atoms with Crippen LogP contribution in [0.5, 0.6) is 0 Å². The van der Waals surface area contributed by atoms with Gasteiger partial charge in [0.2, 0.25) is 0 Å². The Bertz CT molecular complexity index is 316. The van der Waals surface area contributed by atoms with Gasteiger partial charge in [-0.15, -0.1) is 0 Å². The zero-order valence-corrected chi connectivity index (χ0v) is 7.62. The normalized spacial score (nSPS) is 9.62. The first-order valence-corrected chi connectivity index (χ1v) is 4.02. The Labute approximate surface area is 77.8 Å². The molecule has 13 heavy (non-hydrogen) atoms. The molecule has 68 valence electrons. The highest BCUT2D eigenvalue weighted by Gasteiger charge is 2.03. The van der Waals surface area contributed by atoms with Crippen molar-refractivity contribution in [2.24, 2.45) is 0 Å². The molecule has 1 rings (SSSR count). The Morgan fingerprint density at radius 3 is 3.00 bits per heavy atom. The molecule has 0 saturated carbocycles. The first-order chi connectivity index (χ1) is 6.27. The summed E-state index contributed by atoms with van der Waals surface area (Å²) in [6.07, 6.45) is 1.71. The summed E-state index contributed by atoms with van der Waals surface area (Å²) in [5.41, 5.74) is 1.61. The Hall–Kier alpha value is -1.41. The van der Waals surface area contributed by atoms with Gasteiger partial charge < -0.3 is 4.74 Å². The second-order valence-corrected chi connectivity index (χ2v) is 2.69. The van der Waals surface area contributed by atoms with E-state index in [2.05, 4.69) is 6.58 Å². The summed E-state index contributed by atoms with van der Waals surface area (Å²) in [4.78, 5) is 11.4. The van der Waals surface area contributed by atoms with Gasteiger partial charge in [0.25, 0.3) is 0 Å². The third-order valence-electron chi connectivity index (χ3n) is 1.72. The Morgan fingerprint density at radius 1 is 1.62 bits per heavy atom. The van der Waals surface area contributed by atoms with Crippen LogP contribution < -0.4 is 0 Å². The summed E-state index contributed by atoms with van der Waals surface area (Å²) in [5, 5.41) is 0. The number of Topliss-reactive ketones (excluding diaryl/α,β-unsaturated/α-hetero) is 1. The summed E-state index contributed by atoms with van der Waals surface area (Å²) in [6.45, 7) is 3.76. The number of ether oxygens (including phenoxy) is 1. The third kappa shape index (κ3) is 2.53. The molecule has 0 aliphatic carbocycles. The molecule has 2 nitrogen and oxygen atoms in total. The maximum atomic E-state index is 11.4. The number of carbonyl (C=O) groups is 1. The molecule has 0 fully saturated rings. The molecule has 0 atom stereocenters. The molecule has 2 heteroatoms. The van der Waals surface area contributed by atoms with E-state index in [1.165, 1.54) is 7.11 Å². The van der Waals surface area contributed by atoms with Crippen LogP contribution in [0.25, 0.3) is 6.08 Å². The van der Waals surface area contributed by atoms with Gasteiger partial charge in [-0.1, -0.05) is 30.9 Å². The number of ketones is 1. The summed E-state index contributed by atoms with van der Waals surface area (Å²) in [5.74, 6) is -0.00815. The van der Waals surface area contributed by atoms with Crippen LogP contribution in [-0.4, -0.2) is 19.5 Å². The summed E-state index contributed by atoms with van der Waals surface area (Å²) < 4.78 is 4.76. The van der Waals surface area contributed by atoms with E-state index in [1.54, 1.807) is 18.2 Å². The lowest BCUT2D eigenvalue weighted by Gasteiger charge is -2.00. The van der Waals surface area contributed by atoms with Gasteiger partial charge in [-0.25, -0.2) is 0 Å². The molecule has 1 aromatic carbocycles. The SMILES string of the molecule is C=Cc1cccc(C(=O)COC)c1. The summed E-state index contributed by atoms with van der Waals surface area (Å²) >= 11 is 0. The van der Waals surface area contributed by atoms with Gasteiger partial charge in [0.05, 0.1) is 0 Å². The maximum Gasteiger partial charge on any atom is 0.188 e. The van der Waals surface area contributed by atoms with Crippen molar-refractivity contribution in [1.29, 1.82) is 0 Å². The second kappa shape index (κ2) is 4.58. The minimum absolute atomic E-state index is 0.00815. The molecule has 0 saturated heterocycles. The van der Waals surface area contributed by atoms with Crippen LogP contribution in [0.3, 0.4) is 0 Å². The van der Waals surface area contributed by atoms with Crippen molar-refractivity contribution >= 4 is 11.9 Å². The summed E-state index contributed by atoms with van der Waals surface area (Å²) in [7, 11) is 1.51. The topological polar surface area (TPSA) is 26.3 Å². The van der Waals surface area contributed by atoms with Gasteiger partial charge in [-0.2, -0.15) is 0 Å². The molecule has 0 radical (unpaired) electrons. The lowest BCUT2D eigenvalue weighted by Crippen LogP contribution is -2.06. The molecule has 0 bridgehead atoms. The molecule has 0 amide bonds. The van der Waals surface area contributed by atoms with E-state index in [4.69, 9.17) is 4.74 Å². The first kappa shape index (κ1) is 9.68. The Morgan fingerprint density at radius 2 is 2.38 bits per heavy atom. The van der Waals surface area contributed by atoms with Crippen molar-refractivity contribution in [2.45, 2.75) is 0 Å². The molecular weight excluding hydrogens is 164 g/mol. The van der Waals surface area contributed by atoms with Crippen molar-refractivity contribution < 1.29 is 9.53 Å². The molecular formula is C11H12O2. The van der Waals surface area contributed by atoms with E-state index < -0.39 is 0 Å². The van der Waals surface area contributed by atoms with Crippen LogP contribution in [0.1, 0.15) is 15.9 Å². The van der Waals surface area contributed by atoms with Crippen LogP contribution in [0.2, 0.25) is 0 Å². The number of benzene rings is 1. The smallest absolute Gasteiger partial charge is 0.188 e. The van der Waals surface area contributed by atoms with Crippen LogP contribution in [0.4, 0.5) is 0 Å². The second-order valence-electron chi connectivity index (χ2n) is 2.69. The number of rotatable bonds is 4. The highest BCUT2D eigenvalue weighted by atomic mass is 16.5. The number of methoxy groups -OCH3 is 1. The quantitative estimate of drug-likeness (QED) is 0.657.